The van der Waals surface area contributed by atoms with Gasteiger partial charge in [0.1, 0.15) is 0 Å². The van der Waals surface area contributed by atoms with Crippen LogP contribution in [0.5, 0.6) is 0 Å². The van der Waals surface area contributed by atoms with Gasteiger partial charge in [0.15, 0.2) is 0 Å². The lowest BCUT2D eigenvalue weighted by Gasteiger charge is -2.15. The highest BCUT2D eigenvalue weighted by molar-refractivity contribution is 5.99. The molecule has 2 N–H and O–H groups in total. The predicted molar refractivity (Wildman–Crippen MR) is 80.3 cm³/mol. The number of carbonyl (C=O) groups is 1. The van der Waals surface area contributed by atoms with Crippen molar-refractivity contribution in [2.75, 3.05) is 10.6 Å². The lowest BCUT2D eigenvalue weighted by Crippen LogP contribution is -2.20. The van der Waals surface area contributed by atoms with E-state index in [1.165, 1.54) is 0 Å². The number of benzene rings is 2. The Bertz CT molecular complexity index is 733. The number of amides is 2. The molecule has 0 aliphatic rings. The lowest BCUT2D eigenvalue weighted by atomic mass is 10.1. The molecule has 0 bridgehead atoms. The third-order valence-electron chi connectivity index (χ3n) is 3.15. The molecule has 0 aliphatic heterocycles. The van der Waals surface area contributed by atoms with Crippen molar-refractivity contribution in [1.82, 2.24) is 0 Å². The van der Waals surface area contributed by atoms with Crippen molar-refractivity contribution in [3.8, 4) is 0 Å². The molecule has 9 heteroatoms. The number of halogens is 6. The van der Waals surface area contributed by atoms with E-state index in [4.69, 9.17) is 0 Å². The Kier molecular flexibility index (Phi) is 4.96. The van der Waals surface area contributed by atoms with E-state index >= 15 is 0 Å². The van der Waals surface area contributed by atoms with Crippen LogP contribution in [0.15, 0.2) is 42.5 Å². The molecule has 25 heavy (non-hydrogen) atoms. The van der Waals surface area contributed by atoms with Gasteiger partial charge in [0, 0.05) is 11.4 Å². The fourth-order valence-corrected chi connectivity index (χ4v) is 1.96. The summed E-state index contributed by atoms with van der Waals surface area (Å²) >= 11 is 0. The molecule has 0 heterocycles. The predicted octanol–water partition coefficient (Wildman–Crippen LogP) is 5.68. The van der Waals surface area contributed by atoms with Crippen LogP contribution >= 0.6 is 0 Å². The second-order valence-electron chi connectivity index (χ2n) is 5.24. The molecule has 3 nitrogen and oxygen atoms in total. The van der Waals surface area contributed by atoms with Gasteiger partial charge in [-0.25, -0.2) is 4.79 Å². The number of urea groups is 1. The SMILES string of the molecule is Cc1ccc(NC(=O)Nc2cc(C(F)(F)F)cc(C(F)(F)F)c2)cc1. The van der Waals surface area contributed by atoms with E-state index in [1.54, 1.807) is 24.3 Å². The minimum absolute atomic E-state index is 0.0109. The normalized spacial score (nSPS) is 12.0. The van der Waals surface area contributed by atoms with Crippen molar-refractivity contribution < 1.29 is 31.1 Å². The third kappa shape index (κ3) is 5.13. The van der Waals surface area contributed by atoms with Crippen molar-refractivity contribution in [1.29, 1.82) is 0 Å². The fourth-order valence-electron chi connectivity index (χ4n) is 1.96. The molecule has 0 atom stereocenters. The molecule has 0 radical (unpaired) electrons. The molecule has 2 amide bonds. The Morgan fingerprint density at radius 2 is 1.20 bits per heavy atom. The number of nitrogens with one attached hydrogen (secondary N) is 2. The quantitative estimate of drug-likeness (QED) is 0.664. The Balaban J connectivity index is 2.25. The van der Waals surface area contributed by atoms with Crippen LogP contribution in [0.2, 0.25) is 0 Å². The zero-order valence-corrected chi connectivity index (χ0v) is 12.7. The standard InChI is InChI=1S/C16H12F6N2O/c1-9-2-4-12(5-3-9)23-14(25)24-13-7-10(15(17,18)19)6-11(8-13)16(20,21)22/h2-8H,1H3,(H2,23,24,25). The topological polar surface area (TPSA) is 41.1 Å². The van der Waals surface area contributed by atoms with Crippen LogP contribution in [0, 0.1) is 6.92 Å². The van der Waals surface area contributed by atoms with Gasteiger partial charge in [0.05, 0.1) is 11.1 Å². The van der Waals surface area contributed by atoms with Crippen LogP contribution in [0.4, 0.5) is 42.5 Å². The van der Waals surface area contributed by atoms with Gasteiger partial charge < -0.3 is 10.6 Å². The molecule has 0 fully saturated rings. The Labute approximate surface area is 138 Å². The summed E-state index contributed by atoms with van der Waals surface area (Å²) in [6.07, 6.45) is -9.96. The maximum absolute atomic E-state index is 12.8. The number of alkyl halides is 6. The molecule has 0 saturated heterocycles. The molecule has 0 aliphatic carbocycles. The first-order valence-corrected chi connectivity index (χ1v) is 6.89. The zero-order valence-electron chi connectivity index (χ0n) is 12.7. The minimum atomic E-state index is -4.98. The molecule has 134 valence electrons. The highest BCUT2D eigenvalue weighted by Gasteiger charge is 2.37. The summed E-state index contributed by atoms with van der Waals surface area (Å²) in [6, 6.07) is 6.35. The highest BCUT2D eigenvalue weighted by atomic mass is 19.4. The number of aryl methyl sites for hydroxylation is 1. The van der Waals surface area contributed by atoms with E-state index in [-0.39, 0.29) is 6.07 Å². The van der Waals surface area contributed by atoms with Gasteiger partial charge in [0.25, 0.3) is 0 Å². The summed E-state index contributed by atoms with van der Waals surface area (Å²) in [5.74, 6) is 0. The summed E-state index contributed by atoms with van der Waals surface area (Å²) in [4.78, 5) is 11.8. The summed E-state index contributed by atoms with van der Waals surface area (Å²) in [5, 5.41) is 4.30. The smallest absolute Gasteiger partial charge is 0.308 e. The van der Waals surface area contributed by atoms with Crippen molar-refractivity contribution in [3.05, 3.63) is 59.2 Å². The van der Waals surface area contributed by atoms with Crippen molar-refractivity contribution in [2.45, 2.75) is 19.3 Å². The van der Waals surface area contributed by atoms with Gasteiger partial charge in [0.2, 0.25) is 0 Å². The monoisotopic (exact) mass is 362 g/mol. The zero-order chi connectivity index (χ0) is 18.8. The molecule has 0 saturated carbocycles. The van der Waals surface area contributed by atoms with Gasteiger partial charge in [-0.05, 0) is 37.3 Å². The third-order valence-corrected chi connectivity index (χ3v) is 3.15. The van der Waals surface area contributed by atoms with Crippen LogP contribution in [-0.2, 0) is 12.4 Å². The van der Waals surface area contributed by atoms with Crippen LogP contribution < -0.4 is 10.6 Å². The largest absolute Gasteiger partial charge is 0.416 e. The van der Waals surface area contributed by atoms with Crippen molar-refractivity contribution in [3.63, 3.8) is 0 Å². The Morgan fingerprint density at radius 3 is 1.64 bits per heavy atom. The fraction of sp³-hybridized carbons (Fsp3) is 0.188. The first kappa shape index (κ1) is 18.6. The van der Waals surface area contributed by atoms with E-state index in [9.17, 15) is 31.1 Å². The second-order valence-corrected chi connectivity index (χ2v) is 5.24. The molecule has 0 unspecified atom stereocenters. The average Bonchev–Trinajstić information content (AvgIpc) is 2.47. The van der Waals surface area contributed by atoms with Gasteiger partial charge in [-0.1, -0.05) is 17.7 Å². The van der Waals surface area contributed by atoms with Gasteiger partial charge in [-0.3, -0.25) is 0 Å². The number of hydrogen-bond acceptors (Lipinski definition) is 1. The maximum atomic E-state index is 12.8. The van der Waals surface area contributed by atoms with Gasteiger partial charge in [-0.15, -0.1) is 0 Å². The molecule has 2 aromatic rings. The van der Waals surface area contributed by atoms with Crippen molar-refractivity contribution in [2.24, 2.45) is 0 Å². The molecule has 0 aromatic heterocycles. The van der Waals surface area contributed by atoms with E-state index in [1.807, 2.05) is 12.2 Å². The highest BCUT2D eigenvalue weighted by Crippen LogP contribution is 2.37. The van der Waals surface area contributed by atoms with Crippen LogP contribution in [0.1, 0.15) is 16.7 Å². The lowest BCUT2D eigenvalue weighted by molar-refractivity contribution is -0.143. The Morgan fingerprint density at radius 1 is 0.760 bits per heavy atom. The second kappa shape index (κ2) is 6.66. The first-order valence-electron chi connectivity index (χ1n) is 6.89. The minimum Gasteiger partial charge on any atom is -0.308 e. The van der Waals surface area contributed by atoms with E-state index in [2.05, 4.69) is 5.32 Å². The average molecular weight is 362 g/mol. The summed E-state index contributed by atoms with van der Waals surface area (Å²) in [6.45, 7) is 1.81. The maximum Gasteiger partial charge on any atom is 0.416 e. The van der Waals surface area contributed by atoms with E-state index in [0.717, 1.165) is 5.56 Å². The van der Waals surface area contributed by atoms with E-state index < -0.39 is 35.2 Å². The number of hydrogen-bond donors (Lipinski definition) is 2. The molecule has 0 spiro atoms. The summed E-state index contributed by atoms with van der Waals surface area (Å²) in [5.41, 5.74) is -2.38. The Hall–Kier alpha value is -2.71. The van der Waals surface area contributed by atoms with E-state index in [0.29, 0.717) is 17.8 Å². The van der Waals surface area contributed by atoms with Gasteiger partial charge >= 0.3 is 18.4 Å². The molecule has 2 rings (SSSR count). The molecule has 2 aromatic carbocycles. The summed E-state index contributed by atoms with van der Waals surface area (Å²) in [7, 11) is 0. The summed E-state index contributed by atoms with van der Waals surface area (Å²) < 4.78 is 76.6. The van der Waals surface area contributed by atoms with Crippen molar-refractivity contribution >= 4 is 17.4 Å². The first-order chi connectivity index (χ1) is 11.4. The number of rotatable bonds is 2. The van der Waals surface area contributed by atoms with Crippen LogP contribution in [0.25, 0.3) is 0 Å². The number of anilines is 2. The van der Waals surface area contributed by atoms with Crippen LogP contribution in [-0.4, -0.2) is 6.03 Å². The molecular weight excluding hydrogens is 350 g/mol. The van der Waals surface area contributed by atoms with Crippen LogP contribution in [0.3, 0.4) is 0 Å². The number of carbonyl (C=O) groups excluding carboxylic acids is 1. The van der Waals surface area contributed by atoms with Gasteiger partial charge in [-0.2, -0.15) is 26.3 Å². The molecular formula is C16H12F6N2O.